The lowest BCUT2D eigenvalue weighted by Crippen LogP contribution is -2.60. The molecule has 0 amide bonds. The minimum Gasteiger partial charge on any atom is -0.487 e. The number of ether oxygens (including phenoxy) is 1. The molecule has 1 atom stereocenters. The maximum atomic E-state index is 6.01. The van der Waals surface area contributed by atoms with Crippen molar-refractivity contribution in [1.29, 1.82) is 0 Å². The van der Waals surface area contributed by atoms with Gasteiger partial charge in [0, 0.05) is 12.0 Å². The van der Waals surface area contributed by atoms with Crippen LogP contribution in [0, 0.1) is 0 Å². The summed E-state index contributed by atoms with van der Waals surface area (Å²) in [5, 5.41) is 3.59. The molecule has 0 bridgehead atoms. The van der Waals surface area contributed by atoms with Crippen molar-refractivity contribution in [3.8, 4) is 5.75 Å². The van der Waals surface area contributed by atoms with Crippen LogP contribution in [-0.4, -0.2) is 12.1 Å². The molecule has 3 rings (SSSR count). The fraction of sp³-hybridized carbons (Fsp3) is 0.538. The summed E-state index contributed by atoms with van der Waals surface area (Å²) < 4.78 is 6.01. The van der Waals surface area contributed by atoms with Gasteiger partial charge in [0.1, 0.15) is 11.4 Å². The molecule has 1 N–H and O–H groups in total. The quantitative estimate of drug-likeness (QED) is 0.699. The van der Waals surface area contributed by atoms with E-state index in [0.29, 0.717) is 0 Å². The van der Waals surface area contributed by atoms with Gasteiger partial charge in [0.25, 0.3) is 0 Å². The number of fused-ring (bicyclic) bond motifs is 2. The molecule has 2 aliphatic heterocycles. The molecule has 0 aromatic heterocycles. The Kier molecular flexibility index (Phi) is 1.70. The third-order valence-electron chi connectivity index (χ3n) is 3.53. The summed E-state index contributed by atoms with van der Waals surface area (Å²) in [6.07, 6.45) is 2.30. The zero-order valence-corrected chi connectivity index (χ0v) is 9.34. The lowest BCUT2D eigenvalue weighted by Gasteiger charge is -2.52. The van der Waals surface area contributed by atoms with Gasteiger partial charge in [0.2, 0.25) is 0 Å². The largest absolute Gasteiger partial charge is 0.487 e. The summed E-state index contributed by atoms with van der Waals surface area (Å²) in [5.74, 6) is 1.06. The second-order valence-electron chi connectivity index (χ2n) is 5.29. The summed E-state index contributed by atoms with van der Waals surface area (Å²) in [6.45, 7) is 5.47. The maximum absolute atomic E-state index is 6.01. The van der Waals surface area contributed by atoms with Gasteiger partial charge in [-0.15, -0.1) is 0 Å². The van der Waals surface area contributed by atoms with Crippen molar-refractivity contribution in [2.45, 2.75) is 37.8 Å². The molecule has 0 radical (unpaired) electrons. The van der Waals surface area contributed by atoms with E-state index >= 15 is 0 Å². The van der Waals surface area contributed by atoms with Gasteiger partial charge in [0.05, 0.1) is 5.54 Å². The maximum Gasteiger partial charge on any atom is 0.125 e. The van der Waals surface area contributed by atoms with E-state index in [0.717, 1.165) is 18.7 Å². The highest BCUT2D eigenvalue weighted by Crippen LogP contribution is 2.47. The van der Waals surface area contributed by atoms with Crippen molar-refractivity contribution in [3.05, 3.63) is 29.8 Å². The van der Waals surface area contributed by atoms with Gasteiger partial charge < -0.3 is 10.1 Å². The van der Waals surface area contributed by atoms with E-state index in [1.165, 1.54) is 12.0 Å². The van der Waals surface area contributed by atoms with E-state index in [1.54, 1.807) is 0 Å². The number of rotatable bonds is 0. The lowest BCUT2D eigenvalue weighted by atomic mass is 9.71. The Morgan fingerprint density at radius 3 is 2.67 bits per heavy atom. The van der Waals surface area contributed by atoms with Crippen LogP contribution in [0.5, 0.6) is 5.75 Å². The van der Waals surface area contributed by atoms with Gasteiger partial charge in [-0.1, -0.05) is 18.2 Å². The second-order valence-corrected chi connectivity index (χ2v) is 5.29. The van der Waals surface area contributed by atoms with Crippen molar-refractivity contribution in [2.24, 2.45) is 0 Å². The van der Waals surface area contributed by atoms with E-state index in [4.69, 9.17) is 4.74 Å². The lowest BCUT2D eigenvalue weighted by molar-refractivity contribution is 0.00670. The van der Waals surface area contributed by atoms with E-state index in [1.807, 2.05) is 6.07 Å². The number of hydrogen-bond acceptors (Lipinski definition) is 2. The van der Waals surface area contributed by atoms with Gasteiger partial charge in [-0.25, -0.2) is 0 Å². The molecule has 0 saturated carbocycles. The summed E-state index contributed by atoms with van der Waals surface area (Å²) in [4.78, 5) is 0. The van der Waals surface area contributed by atoms with Gasteiger partial charge in [-0.05, 0) is 32.9 Å². The normalized spacial score (nSPS) is 31.6. The van der Waals surface area contributed by atoms with Crippen LogP contribution in [0.25, 0.3) is 0 Å². The Balaban J connectivity index is 2.11. The van der Waals surface area contributed by atoms with Crippen molar-refractivity contribution in [2.75, 3.05) is 6.54 Å². The Morgan fingerprint density at radius 1 is 1.27 bits per heavy atom. The highest BCUT2D eigenvalue weighted by Gasteiger charge is 2.48. The van der Waals surface area contributed by atoms with Crippen molar-refractivity contribution >= 4 is 0 Å². The molecule has 1 saturated heterocycles. The highest BCUT2D eigenvalue weighted by atomic mass is 16.5. The van der Waals surface area contributed by atoms with Crippen molar-refractivity contribution in [3.63, 3.8) is 0 Å². The molecular weight excluding hydrogens is 186 g/mol. The molecule has 1 aromatic rings. The first-order chi connectivity index (χ1) is 7.11. The molecule has 80 valence electrons. The molecule has 0 aliphatic carbocycles. The van der Waals surface area contributed by atoms with Crippen LogP contribution in [0.4, 0.5) is 0 Å². The smallest absolute Gasteiger partial charge is 0.125 e. The van der Waals surface area contributed by atoms with Gasteiger partial charge in [-0.2, -0.15) is 0 Å². The molecule has 2 aliphatic rings. The Bertz CT molecular complexity index is 393. The molecule has 1 fully saturated rings. The fourth-order valence-corrected chi connectivity index (χ4v) is 2.91. The number of benzene rings is 1. The number of hydrogen-bond donors (Lipinski definition) is 1. The van der Waals surface area contributed by atoms with E-state index in [-0.39, 0.29) is 11.1 Å². The third kappa shape index (κ3) is 1.28. The zero-order chi connectivity index (χ0) is 10.5. The molecule has 1 spiro atoms. The standard InChI is InChI=1S/C13H17NO/c1-12(2)9-13(7-8-14-13)10-5-3-4-6-11(10)15-12/h3-6,14H,7-9H2,1-2H3. The highest BCUT2D eigenvalue weighted by molar-refractivity contribution is 5.43. The SMILES string of the molecule is CC1(C)CC2(CCN2)c2ccccc2O1. The predicted molar refractivity (Wildman–Crippen MR) is 60.1 cm³/mol. The van der Waals surface area contributed by atoms with Gasteiger partial charge >= 0.3 is 0 Å². The van der Waals surface area contributed by atoms with Gasteiger partial charge in [0.15, 0.2) is 0 Å². The second kappa shape index (κ2) is 2.76. The molecule has 2 heteroatoms. The van der Waals surface area contributed by atoms with Crippen molar-refractivity contribution < 1.29 is 4.74 Å². The Hall–Kier alpha value is -1.02. The van der Waals surface area contributed by atoms with Crippen LogP contribution >= 0.6 is 0 Å². The molecule has 2 nitrogen and oxygen atoms in total. The average Bonchev–Trinajstić information content (AvgIpc) is 2.12. The summed E-state index contributed by atoms with van der Waals surface area (Å²) in [6, 6.07) is 8.42. The molecular formula is C13H17NO. The predicted octanol–water partition coefficient (Wildman–Crippen LogP) is 2.44. The summed E-state index contributed by atoms with van der Waals surface area (Å²) >= 11 is 0. The zero-order valence-electron chi connectivity index (χ0n) is 9.34. The van der Waals surface area contributed by atoms with E-state index < -0.39 is 0 Å². The first kappa shape index (κ1) is 9.22. The van der Waals surface area contributed by atoms with Crippen molar-refractivity contribution in [1.82, 2.24) is 5.32 Å². The van der Waals surface area contributed by atoms with Crippen LogP contribution in [0.1, 0.15) is 32.3 Å². The monoisotopic (exact) mass is 203 g/mol. The number of nitrogens with one attached hydrogen (secondary N) is 1. The topological polar surface area (TPSA) is 21.3 Å². The van der Waals surface area contributed by atoms with Crippen LogP contribution in [-0.2, 0) is 5.54 Å². The molecule has 15 heavy (non-hydrogen) atoms. The first-order valence-electron chi connectivity index (χ1n) is 5.65. The van der Waals surface area contributed by atoms with E-state index in [9.17, 15) is 0 Å². The molecule has 1 aromatic carbocycles. The van der Waals surface area contributed by atoms with Crippen LogP contribution in [0.15, 0.2) is 24.3 Å². The summed E-state index contributed by atoms with van der Waals surface area (Å²) in [7, 11) is 0. The Labute approximate surface area is 90.6 Å². The van der Waals surface area contributed by atoms with Crippen LogP contribution in [0.2, 0.25) is 0 Å². The number of para-hydroxylation sites is 1. The first-order valence-corrected chi connectivity index (χ1v) is 5.65. The fourth-order valence-electron chi connectivity index (χ4n) is 2.91. The van der Waals surface area contributed by atoms with Crippen LogP contribution < -0.4 is 10.1 Å². The van der Waals surface area contributed by atoms with E-state index in [2.05, 4.69) is 37.4 Å². The average molecular weight is 203 g/mol. The summed E-state index contributed by atoms with van der Waals surface area (Å²) in [5.41, 5.74) is 1.48. The molecule has 2 heterocycles. The third-order valence-corrected chi connectivity index (χ3v) is 3.53. The van der Waals surface area contributed by atoms with Gasteiger partial charge in [-0.3, -0.25) is 0 Å². The van der Waals surface area contributed by atoms with Crippen LogP contribution in [0.3, 0.4) is 0 Å². The minimum absolute atomic E-state index is 0.0538. The minimum atomic E-state index is -0.0538. The molecule has 1 unspecified atom stereocenters. The Morgan fingerprint density at radius 2 is 2.00 bits per heavy atom.